The highest BCUT2D eigenvalue weighted by Crippen LogP contribution is 2.29. The van der Waals surface area contributed by atoms with Crippen LogP contribution in [0.1, 0.15) is 5.69 Å². The molecule has 0 atom stereocenters. The van der Waals surface area contributed by atoms with Crippen LogP contribution < -0.4 is 5.32 Å². The van der Waals surface area contributed by atoms with Crippen LogP contribution in [0.5, 0.6) is 0 Å². The summed E-state index contributed by atoms with van der Waals surface area (Å²) < 4.78 is 2.13. The van der Waals surface area contributed by atoms with E-state index in [-0.39, 0.29) is 0 Å². The maximum absolute atomic E-state index is 4.66. The van der Waals surface area contributed by atoms with Gasteiger partial charge in [0.15, 0.2) is 5.82 Å². The Morgan fingerprint density at radius 1 is 1.04 bits per heavy atom. The first-order valence-electron chi connectivity index (χ1n) is 8.57. The number of nitrogens with one attached hydrogen (secondary N) is 2. The maximum Gasteiger partial charge on any atom is 0.156 e. The van der Waals surface area contributed by atoms with E-state index < -0.39 is 0 Å². The van der Waals surface area contributed by atoms with E-state index in [2.05, 4.69) is 42.0 Å². The number of H-pyrrole nitrogens is 1. The summed E-state index contributed by atoms with van der Waals surface area (Å²) in [5.41, 5.74) is 5.04. The Morgan fingerprint density at radius 3 is 2.65 bits per heavy atom. The van der Waals surface area contributed by atoms with Gasteiger partial charge in [-0.2, -0.15) is 0 Å². The van der Waals surface area contributed by atoms with Gasteiger partial charge < -0.3 is 14.9 Å². The molecule has 6 nitrogen and oxygen atoms in total. The summed E-state index contributed by atoms with van der Waals surface area (Å²) in [4.78, 5) is 16.6. The van der Waals surface area contributed by atoms with Crippen LogP contribution in [-0.2, 0) is 6.54 Å². The molecule has 1 aromatic carbocycles. The number of hydrogen-bond acceptors (Lipinski definition) is 4. The van der Waals surface area contributed by atoms with Crippen LogP contribution in [0.15, 0.2) is 67.4 Å². The number of benzene rings is 1. The van der Waals surface area contributed by atoms with Crippen molar-refractivity contribution in [1.82, 2.24) is 24.5 Å². The number of imidazole rings is 2. The lowest BCUT2D eigenvalue weighted by molar-refractivity contribution is 0.730. The summed E-state index contributed by atoms with van der Waals surface area (Å²) in [5, 5.41) is 3.38. The summed E-state index contributed by atoms with van der Waals surface area (Å²) >= 11 is 0. The Bertz CT molecular complexity index is 972. The van der Waals surface area contributed by atoms with Crippen LogP contribution in [-0.4, -0.2) is 31.0 Å². The van der Waals surface area contributed by atoms with E-state index in [4.69, 9.17) is 0 Å². The summed E-state index contributed by atoms with van der Waals surface area (Å²) in [7, 11) is 0. The molecule has 2 N–H and O–H groups in total. The molecule has 0 amide bonds. The zero-order valence-electron chi connectivity index (χ0n) is 14.6. The third-order valence-corrected chi connectivity index (χ3v) is 4.16. The number of aromatic nitrogens is 5. The number of aromatic amines is 1. The zero-order valence-corrected chi connectivity index (χ0v) is 14.6. The number of aryl methyl sites for hydroxylation is 1. The number of pyridine rings is 1. The van der Waals surface area contributed by atoms with Crippen molar-refractivity contribution in [3.05, 3.63) is 73.1 Å². The topological polar surface area (TPSA) is 71.4 Å². The second-order valence-electron chi connectivity index (χ2n) is 6.08. The van der Waals surface area contributed by atoms with E-state index in [0.29, 0.717) is 0 Å². The van der Waals surface area contributed by atoms with Gasteiger partial charge in [-0.1, -0.05) is 30.3 Å². The Balaban J connectivity index is 1.63. The fourth-order valence-corrected chi connectivity index (χ4v) is 2.93. The molecule has 0 fully saturated rings. The van der Waals surface area contributed by atoms with E-state index >= 15 is 0 Å². The van der Waals surface area contributed by atoms with Crippen LogP contribution in [0, 0.1) is 6.92 Å². The average Bonchev–Trinajstić information content (AvgIpc) is 3.29. The molecule has 130 valence electrons. The molecular formula is C20H20N6. The van der Waals surface area contributed by atoms with Crippen molar-refractivity contribution in [2.45, 2.75) is 13.5 Å². The van der Waals surface area contributed by atoms with Gasteiger partial charge >= 0.3 is 0 Å². The minimum absolute atomic E-state index is 0.767. The molecule has 0 saturated carbocycles. The lowest BCUT2D eigenvalue weighted by Gasteiger charge is -2.10. The number of hydrogen-bond donors (Lipinski definition) is 2. The van der Waals surface area contributed by atoms with Crippen molar-refractivity contribution >= 4 is 5.69 Å². The van der Waals surface area contributed by atoms with E-state index in [0.717, 1.165) is 47.2 Å². The number of anilines is 1. The van der Waals surface area contributed by atoms with Crippen molar-refractivity contribution in [2.24, 2.45) is 0 Å². The first kappa shape index (κ1) is 16.1. The molecular weight excluding hydrogens is 324 g/mol. The Kier molecular flexibility index (Phi) is 4.47. The first-order valence-corrected chi connectivity index (χ1v) is 8.57. The molecule has 0 radical (unpaired) electrons. The third kappa shape index (κ3) is 3.35. The van der Waals surface area contributed by atoms with Crippen molar-refractivity contribution in [3.8, 4) is 22.8 Å². The molecule has 26 heavy (non-hydrogen) atoms. The molecule has 3 aromatic heterocycles. The zero-order chi connectivity index (χ0) is 17.8. The Hall–Kier alpha value is -3.41. The second-order valence-corrected chi connectivity index (χ2v) is 6.08. The highest BCUT2D eigenvalue weighted by atomic mass is 15.1. The molecule has 4 rings (SSSR count). The highest BCUT2D eigenvalue weighted by Gasteiger charge is 2.17. The van der Waals surface area contributed by atoms with Crippen molar-refractivity contribution in [3.63, 3.8) is 0 Å². The lowest BCUT2D eigenvalue weighted by atomic mass is 10.1. The Labute approximate surface area is 152 Å². The molecule has 0 unspecified atom stereocenters. The molecule has 6 heteroatoms. The van der Waals surface area contributed by atoms with Crippen LogP contribution in [0.3, 0.4) is 0 Å². The summed E-state index contributed by atoms with van der Waals surface area (Å²) in [5.74, 6) is 0.834. The molecule has 0 saturated heterocycles. The van der Waals surface area contributed by atoms with Crippen LogP contribution >= 0.6 is 0 Å². The van der Waals surface area contributed by atoms with Gasteiger partial charge in [0, 0.05) is 42.9 Å². The monoisotopic (exact) mass is 344 g/mol. The summed E-state index contributed by atoms with van der Waals surface area (Å²) in [6.07, 6.45) is 7.31. The quantitative estimate of drug-likeness (QED) is 0.559. The van der Waals surface area contributed by atoms with Crippen molar-refractivity contribution in [2.75, 3.05) is 11.9 Å². The molecule has 0 bridgehead atoms. The SMILES string of the molecule is Cc1cnc(-c2c(-c3ccccc3)ncn2CCNc2cccnc2)[nH]1. The first-order chi connectivity index (χ1) is 12.8. The second kappa shape index (κ2) is 7.23. The standard InChI is InChI=1S/C20H20N6/c1-15-12-23-20(25-15)19-18(16-6-3-2-4-7-16)24-14-26(19)11-10-22-17-8-5-9-21-13-17/h2-9,12-14,22H,10-11H2,1H3,(H,23,25). The van der Waals surface area contributed by atoms with E-state index in [9.17, 15) is 0 Å². The maximum atomic E-state index is 4.66. The summed E-state index contributed by atoms with van der Waals surface area (Å²) in [6.45, 7) is 3.54. The highest BCUT2D eigenvalue weighted by molar-refractivity contribution is 5.75. The van der Waals surface area contributed by atoms with Crippen molar-refractivity contribution in [1.29, 1.82) is 0 Å². The van der Waals surface area contributed by atoms with Gasteiger partial charge in [0.1, 0.15) is 5.69 Å². The minimum Gasteiger partial charge on any atom is -0.382 e. The molecule has 0 spiro atoms. The number of rotatable bonds is 6. The smallest absolute Gasteiger partial charge is 0.156 e. The predicted octanol–water partition coefficient (Wildman–Crippen LogP) is 3.76. The van der Waals surface area contributed by atoms with Gasteiger partial charge in [-0.3, -0.25) is 4.98 Å². The predicted molar refractivity (Wildman–Crippen MR) is 103 cm³/mol. The normalized spacial score (nSPS) is 10.8. The number of nitrogens with zero attached hydrogens (tertiary/aromatic N) is 4. The van der Waals surface area contributed by atoms with Gasteiger partial charge in [0.05, 0.1) is 17.7 Å². The fraction of sp³-hybridized carbons (Fsp3) is 0.150. The molecule has 4 aromatic rings. The molecule has 3 heterocycles. The van der Waals surface area contributed by atoms with Gasteiger partial charge in [0.2, 0.25) is 0 Å². The largest absolute Gasteiger partial charge is 0.382 e. The van der Waals surface area contributed by atoms with Gasteiger partial charge in [0.25, 0.3) is 0 Å². The minimum atomic E-state index is 0.767. The molecule has 0 aliphatic heterocycles. The fourth-order valence-electron chi connectivity index (χ4n) is 2.93. The van der Waals surface area contributed by atoms with Gasteiger partial charge in [-0.05, 0) is 19.1 Å². The average molecular weight is 344 g/mol. The van der Waals surface area contributed by atoms with E-state index in [1.54, 1.807) is 6.20 Å². The van der Waals surface area contributed by atoms with Crippen LogP contribution in [0.4, 0.5) is 5.69 Å². The van der Waals surface area contributed by atoms with Crippen molar-refractivity contribution < 1.29 is 0 Å². The van der Waals surface area contributed by atoms with E-state index in [1.807, 2.05) is 56.0 Å². The van der Waals surface area contributed by atoms with Crippen LogP contribution in [0.25, 0.3) is 22.8 Å². The van der Waals surface area contributed by atoms with E-state index in [1.165, 1.54) is 0 Å². The van der Waals surface area contributed by atoms with Gasteiger partial charge in [-0.25, -0.2) is 9.97 Å². The molecule has 0 aliphatic carbocycles. The lowest BCUT2D eigenvalue weighted by Crippen LogP contribution is -2.11. The Morgan fingerprint density at radius 2 is 1.92 bits per heavy atom. The summed E-state index contributed by atoms with van der Waals surface area (Å²) in [6, 6.07) is 14.1. The third-order valence-electron chi connectivity index (χ3n) is 4.16. The van der Waals surface area contributed by atoms with Gasteiger partial charge in [-0.15, -0.1) is 0 Å². The van der Waals surface area contributed by atoms with Crippen LogP contribution in [0.2, 0.25) is 0 Å². The molecule has 0 aliphatic rings.